The van der Waals surface area contributed by atoms with E-state index in [4.69, 9.17) is 4.74 Å². The molecule has 120 valence electrons. The first-order valence-corrected chi connectivity index (χ1v) is 8.28. The molecule has 6 heteroatoms. The van der Waals surface area contributed by atoms with Gasteiger partial charge >= 0.3 is 0 Å². The first-order valence-electron chi connectivity index (χ1n) is 6.62. The Kier molecular flexibility index (Phi) is 8.59. The summed E-state index contributed by atoms with van der Waals surface area (Å²) in [7, 11) is -3.24. The van der Waals surface area contributed by atoms with Crippen molar-refractivity contribution in [3.8, 4) is 5.75 Å². The van der Waals surface area contributed by atoms with Gasteiger partial charge in [0.05, 0.1) is 17.0 Å². The van der Waals surface area contributed by atoms with E-state index in [1.54, 1.807) is 12.1 Å². The number of benzene rings is 1. The van der Waals surface area contributed by atoms with Crippen molar-refractivity contribution in [2.75, 3.05) is 12.4 Å². The molecule has 0 saturated carbocycles. The Morgan fingerprint density at radius 2 is 1.86 bits per heavy atom. The van der Waals surface area contributed by atoms with Gasteiger partial charge in [-0.15, -0.1) is 12.4 Å². The van der Waals surface area contributed by atoms with E-state index in [0.717, 1.165) is 0 Å². The average molecular weight is 337 g/mol. The second-order valence-electron chi connectivity index (χ2n) is 5.06. The molecule has 0 atom stereocenters. The molecule has 0 N–H and O–H groups in total. The topological polar surface area (TPSA) is 43.4 Å². The lowest BCUT2D eigenvalue weighted by Gasteiger charge is -2.09. The molecule has 0 bridgehead atoms. The molecule has 0 aromatic heterocycles. The SMILES string of the molecule is CC/C(=C/F)COc1ccc(S(=O)(=O)CC(C)C)cc1.Cl. The summed E-state index contributed by atoms with van der Waals surface area (Å²) < 4.78 is 41.8. The predicted molar refractivity (Wildman–Crippen MR) is 85.6 cm³/mol. The van der Waals surface area contributed by atoms with Gasteiger partial charge in [0.25, 0.3) is 0 Å². The second kappa shape index (κ2) is 9.05. The molecule has 1 aromatic rings. The van der Waals surface area contributed by atoms with Gasteiger partial charge in [-0.3, -0.25) is 0 Å². The van der Waals surface area contributed by atoms with Gasteiger partial charge in [-0.25, -0.2) is 12.8 Å². The van der Waals surface area contributed by atoms with Crippen LogP contribution in [0.4, 0.5) is 4.39 Å². The minimum absolute atomic E-state index is 0. The van der Waals surface area contributed by atoms with Crippen LogP contribution in [-0.4, -0.2) is 20.8 Å². The molecule has 3 nitrogen and oxygen atoms in total. The van der Waals surface area contributed by atoms with E-state index in [2.05, 4.69) is 0 Å². The molecule has 0 heterocycles. The quantitative estimate of drug-likeness (QED) is 0.750. The van der Waals surface area contributed by atoms with Gasteiger partial charge < -0.3 is 4.74 Å². The van der Waals surface area contributed by atoms with Crippen LogP contribution in [0.15, 0.2) is 41.1 Å². The van der Waals surface area contributed by atoms with Crippen molar-refractivity contribution < 1.29 is 17.5 Å². The largest absolute Gasteiger partial charge is 0.489 e. The summed E-state index contributed by atoms with van der Waals surface area (Å²) in [5.41, 5.74) is 0.557. The van der Waals surface area contributed by atoms with E-state index in [1.807, 2.05) is 20.8 Å². The molecule has 0 aliphatic heterocycles. The second-order valence-corrected chi connectivity index (χ2v) is 7.09. The molecular formula is C15H22ClFO3S. The first kappa shape index (κ1) is 19.9. The lowest BCUT2D eigenvalue weighted by molar-refractivity contribution is 0.345. The van der Waals surface area contributed by atoms with Crippen LogP contribution in [0.25, 0.3) is 0 Å². The highest BCUT2D eigenvalue weighted by molar-refractivity contribution is 7.91. The molecule has 0 aliphatic carbocycles. The molecule has 0 saturated heterocycles. The highest BCUT2D eigenvalue weighted by Gasteiger charge is 2.16. The van der Waals surface area contributed by atoms with Crippen molar-refractivity contribution in [3.63, 3.8) is 0 Å². The molecule has 1 aromatic carbocycles. The average Bonchev–Trinajstić information content (AvgIpc) is 2.39. The Hall–Kier alpha value is -1.07. The number of halogens is 2. The monoisotopic (exact) mass is 336 g/mol. The smallest absolute Gasteiger partial charge is 0.178 e. The van der Waals surface area contributed by atoms with Crippen molar-refractivity contribution >= 4 is 22.2 Å². The van der Waals surface area contributed by atoms with E-state index in [0.29, 0.717) is 24.1 Å². The van der Waals surface area contributed by atoms with Crippen LogP contribution >= 0.6 is 12.4 Å². The summed E-state index contributed by atoms with van der Waals surface area (Å²) in [5, 5.41) is 0. The Bertz CT molecular complexity index is 551. The van der Waals surface area contributed by atoms with E-state index in [1.165, 1.54) is 12.1 Å². The summed E-state index contributed by atoms with van der Waals surface area (Å²) in [6.07, 6.45) is 1.12. The molecule has 0 amide bonds. The lowest BCUT2D eigenvalue weighted by Crippen LogP contribution is -2.11. The fourth-order valence-electron chi connectivity index (χ4n) is 1.67. The van der Waals surface area contributed by atoms with Gasteiger partial charge in [0.15, 0.2) is 9.84 Å². The van der Waals surface area contributed by atoms with Crippen LogP contribution in [-0.2, 0) is 9.84 Å². The van der Waals surface area contributed by atoms with Gasteiger partial charge in [0.1, 0.15) is 12.4 Å². The third-order valence-corrected chi connectivity index (χ3v) is 4.86. The van der Waals surface area contributed by atoms with Crippen molar-refractivity contribution in [2.24, 2.45) is 5.92 Å². The normalized spacial score (nSPS) is 12.1. The highest BCUT2D eigenvalue weighted by Crippen LogP contribution is 2.19. The standard InChI is InChI=1S/C15H21FO3S.ClH/c1-4-13(9-16)10-19-14-5-7-15(8-6-14)20(17,18)11-12(2)3;/h5-9,12H,4,10-11H2,1-3H3;1H/b13-9-;. The molecular weight excluding hydrogens is 315 g/mol. The molecule has 1 rings (SSSR count). The van der Waals surface area contributed by atoms with Crippen LogP contribution in [0.5, 0.6) is 5.75 Å². The molecule has 0 spiro atoms. The zero-order valence-electron chi connectivity index (χ0n) is 12.5. The van der Waals surface area contributed by atoms with Gasteiger partial charge in [-0.2, -0.15) is 0 Å². The van der Waals surface area contributed by atoms with Crippen molar-refractivity contribution in [1.29, 1.82) is 0 Å². The van der Waals surface area contributed by atoms with E-state index in [9.17, 15) is 12.8 Å². The Labute approximate surface area is 132 Å². The summed E-state index contributed by atoms with van der Waals surface area (Å²) >= 11 is 0. The van der Waals surface area contributed by atoms with Gasteiger partial charge in [0, 0.05) is 0 Å². The Morgan fingerprint density at radius 1 is 1.29 bits per heavy atom. The predicted octanol–water partition coefficient (Wildman–Crippen LogP) is 4.18. The zero-order valence-corrected chi connectivity index (χ0v) is 14.1. The fraction of sp³-hybridized carbons (Fsp3) is 0.467. The lowest BCUT2D eigenvalue weighted by atomic mass is 10.2. The number of ether oxygens (including phenoxy) is 1. The van der Waals surface area contributed by atoms with Crippen molar-refractivity contribution in [1.82, 2.24) is 0 Å². The minimum atomic E-state index is -3.24. The van der Waals surface area contributed by atoms with E-state index >= 15 is 0 Å². The van der Waals surface area contributed by atoms with Crippen molar-refractivity contribution in [3.05, 3.63) is 36.2 Å². The maximum absolute atomic E-state index is 12.4. The third-order valence-electron chi connectivity index (χ3n) is 2.77. The zero-order chi connectivity index (χ0) is 15.2. The molecule has 0 aliphatic rings. The fourth-order valence-corrected chi connectivity index (χ4v) is 3.29. The maximum Gasteiger partial charge on any atom is 0.178 e. The van der Waals surface area contributed by atoms with Crippen molar-refractivity contribution in [2.45, 2.75) is 32.1 Å². The molecule has 21 heavy (non-hydrogen) atoms. The number of hydrogen-bond acceptors (Lipinski definition) is 3. The van der Waals surface area contributed by atoms with Crippen LogP contribution in [0, 0.1) is 5.92 Å². The third kappa shape index (κ3) is 6.48. The summed E-state index contributed by atoms with van der Waals surface area (Å²) in [6, 6.07) is 6.24. The van der Waals surface area contributed by atoms with Gasteiger partial charge in [-0.1, -0.05) is 20.8 Å². The maximum atomic E-state index is 12.4. The highest BCUT2D eigenvalue weighted by atomic mass is 35.5. The Morgan fingerprint density at radius 3 is 2.29 bits per heavy atom. The molecule has 0 unspecified atom stereocenters. The van der Waals surface area contributed by atoms with Crippen LogP contribution in [0.3, 0.4) is 0 Å². The van der Waals surface area contributed by atoms with Crippen LogP contribution in [0.1, 0.15) is 27.2 Å². The van der Waals surface area contributed by atoms with E-state index < -0.39 is 9.84 Å². The summed E-state index contributed by atoms with van der Waals surface area (Å²) in [4.78, 5) is 0.287. The van der Waals surface area contributed by atoms with Gasteiger partial charge in [0.2, 0.25) is 0 Å². The summed E-state index contributed by atoms with van der Waals surface area (Å²) in [5.74, 6) is 0.733. The minimum Gasteiger partial charge on any atom is -0.489 e. The molecule has 0 fully saturated rings. The Balaban J connectivity index is 0.00000400. The van der Waals surface area contributed by atoms with Crippen LogP contribution in [0.2, 0.25) is 0 Å². The van der Waals surface area contributed by atoms with Gasteiger partial charge in [-0.05, 0) is 42.2 Å². The molecule has 0 radical (unpaired) electrons. The number of sulfone groups is 1. The first-order chi connectivity index (χ1) is 9.39. The number of rotatable bonds is 7. The van der Waals surface area contributed by atoms with Crippen LogP contribution < -0.4 is 4.74 Å². The summed E-state index contributed by atoms with van der Waals surface area (Å²) in [6.45, 7) is 5.75. The van der Waals surface area contributed by atoms with E-state index in [-0.39, 0.29) is 35.6 Å². The number of hydrogen-bond donors (Lipinski definition) is 0.